The number of aryl methyl sites for hydroxylation is 1. The Bertz CT molecular complexity index is 626. The quantitative estimate of drug-likeness (QED) is 0.942. The molecule has 1 aliphatic carbocycles. The summed E-state index contributed by atoms with van der Waals surface area (Å²) >= 11 is 0. The lowest BCUT2D eigenvalue weighted by atomic mass is 9.83. The van der Waals surface area contributed by atoms with Crippen molar-refractivity contribution in [3.63, 3.8) is 0 Å². The van der Waals surface area contributed by atoms with Gasteiger partial charge in [-0.3, -0.25) is 0 Å². The molecule has 1 heterocycles. The summed E-state index contributed by atoms with van der Waals surface area (Å²) in [5.74, 6) is 1.32. The third-order valence-corrected chi connectivity index (χ3v) is 4.29. The molecule has 1 saturated carbocycles. The van der Waals surface area contributed by atoms with Gasteiger partial charge in [-0.2, -0.15) is 4.98 Å². The van der Waals surface area contributed by atoms with Crippen molar-refractivity contribution in [2.75, 3.05) is 0 Å². The molecular weight excluding hydrogens is 269 g/mol. The van der Waals surface area contributed by atoms with Crippen LogP contribution in [-0.2, 0) is 6.42 Å². The SMILES string of the molecule is Cc1cc(-c2noc(CC3CCCCC3N)n2)ccc1F. The Kier molecular flexibility index (Phi) is 4.01. The van der Waals surface area contributed by atoms with Gasteiger partial charge in [0.1, 0.15) is 5.82 Å². The first-order valence-corrected chi connectivity index (χ1v) is 7.48. The first-order chi connectivity index (χ1) is 10.1. The number of nitrogens with two attached hydrogens (primary N) is 1. The number of halogens is 1. The number of rotatable bonds is 3. The van der Waals surface area contributed by atoms with Gasteiger partial charge in [-0.05, 0) is 49.4 Å². The number of nitrogens with zero attached hydrogens (tertiary/aromatic N) is 2. The van der Waals surface area contributed by atoms with Crippen molar-refractivity contribution < 1.29 is 8.91 Å². The van der Waals surface area contributed by atoms with E-state index in [1.165, 1.54) is 18.9 Å². The third-order valence-electron chi connectivity index (χ3n) is 4.29. The lowest BCUT2D eigenvalue weighted by Gasteiger charge is -2.27. The summed E-state index contributed by atoms with van der Waals surface area (Å²) < 4.78 is 18.6. The van der Waals surface area contributed by atoms with Crippen molar-refractivity contribution in [2.24, 2.45) is 11.7 Å². The molecule has 2 unspecified atom stereocenters. The van der Waals surface area contributed by atoms with Gasteiger partial charge in [-0.25, -0.2) is 4.39 Å². The number of benzene rings is 1. The Hall–Kier alpha value is -1.75. The van der Waals surface area contributed by atoms with E-state index in [0.717, 1.165) is 24.8 Å². The van der Waals surface area contributed by atoms with E-state index >= 15 is 0 Å². The largest absolute Gasteiger partial charge is 0.339 e. The molecule has 0 spiro atoms. The van der Waals surface area contributed by atoms with E-state index in [2.05, 4.69) is 10.1 Å². The summed E-state index contributed by atoms with van der Waals surface area (Å²) in [5.41, 5.74) is 7.50. The molecule has 1 aliphatic rings. The number of hydrogen-bond acceptors (Lipinski definition) is 4. The van der Waals surface area contributed by atoms with Crippen LogP contribution in [0.5, 0.6) is 0 Å². The first kappa shape index (κ1) is 14.2. The van der Waals surface area contributed by atoms with Gasteiger partial charge in [0, 0.05) is 18.0 Å². The molecule has 1 aromatic carbocycles. The van der Waals surface area contributed by atoms with Crippen LogP contribution in [0.4, 0.5) is 4.39 Å². The highest BCUT2D eigenvalue weighted by Crippen LogP contribution is 2.26. The van der Waals surface area contributed by atoms with E-state index in [1.54, 1.807) is 19.1 Å². The molecule has 5 heteroatoms. The van der Waals surface area contributed by atoms with Crippen LogP contribution in [0.15, 0.2) is 22.7 Å². The molecule has 0 bridgehead atoms. The highest BCUT2D eigenvalue weighted by molar-refractivity contribution is 5.55. The summed E-state index contributed by atoms with van der Waals surface area (Å²) in [6, 6.07) is 5.05. The van der Waals surface area contributed by atoms with E-state index in [4.69, 9.17) is 10.3 Å². The van der Waals surface area contributed by atoms with Gasteiger partial charge in [0.25, 0.3) is 0 Å². The fourth-order valence-corrected chi connectivity index (χ4v) is 2.95. The summed E-state index contributed by atoms with van der Waals surface area (Å²) in [7, 11) is 0. The minimum Gasteiger partial charge on any atom is -0.339 e. The van der Waals surface area contributed by atoms with Crippen molar-refractivity contribution in [2.45, 2.75) is 45.1 Å². The maximum Gasteiger partial charge on any atom is 0.227 e. The lowest BCUT2D eigenvalue weighted by molar-refractivity contribution is 0.273. The third kappa shape index (κ3) is 3.13. The fourth-order valence-electron chi connectivity index (χ4n) is 2.95. The Balaban J connectivity index is 1.75. The molecule has 2 N–H and O–H groups in total. The normalized spacial score (nSPS) is 22.4. The molecule has 112 valence electrons. The predicted molar refractivity (Wildman–Crippen MR) is 78.1 cm³/mol. The van der Waals surface area contributed by atoms with Crippen LogP contribution in [0.2, 0.25) is 0 Å². The number of aromatic nitrogens is 2. The lowest BCUT2D eigenvalue weighted by Crippen LogP contribution is -2.34. The smallest absolute Gasteiger partial charge is 0.227 e. The fraction of sp³-hybridized carbons (Fsp3) is 0.500. The molecule has 1 aromatic heterocycles. The van der Waals surface area contributed by atoms with Gasteiger partial charge < -0.3 is 10.3 Å². The van der Waals surface area contributed by atoms with Crippen LogP contribution in [0, 0.1) is 18.7 Å². The summed E-state index contributed by atoms with van der Waals surface area (Å²) in [6.45, 7) is 1.72. The first-order valence-electron chi connectivity index (χ1n) is 7.48. The van der Waals surface area contributed by atoms with Crippen molar-refractivity contribution in [1.82, 2.24) is 10.1 Å². The minimum atomic E-state index is -0.226. The van der Waals surface area contributed by atoms with Gasteiger partial charge >= 0.3 is 0 Å². The van der Waals surface area contributed by atoms with Crippen LogP contribution in [0.1, 0.15) is 37.1 Å². The maximum atomic E-state index is 13.3. The van der Waals surface area contributed by atoms with Crippen LogP contribution in [0.3, 0.4) is 0 Å². The summed E-state index contributed by atoms with van der Waals surface area (Å²) in [5, 5.41) is 4.00. The molecule has 0 saturated heterocycles. The molecule has 0 aliphatic heterocycles. The highest BCUT2D eigenvalue weighted by Gasteiger charge is 2.24. The topological polar surface area (TPSA) is 64.9 Å². The Morgan fingerprint density at radius 1 is 1.33 bits per heavy atom. The van der Waals surface area contributed by atoms with Crippen molar-refractivity contribution in [3.05, 3.63) is 35.5 Å². The Labute approximate surface area is 123 Å². The zero-order valence-corrected chi connectivity index (χ0v) is 12.2. The van der Waals surface area contributed by atoms with Gasteiger partial charge in [-0.15, -0.1) is 0 Å². The minimum absolute atomic E-state index is 0.224. The summed E-state index contributed by atoms with van der Waals surface area (Å²) in [6.07, 6.45) is 5.35. The highest BCUT2D eigenvalue weighted by atomic mass is 19.1. The van der Waals surface area contributed by atoms with Crippen molar-refractivity contribution >= 4 is 0 Å². The molecule has 0 radical (unpaired) electrons. The second-order valence-corrected chi connectivity index (χ2v) is 5.89. The zero-order valence-electron chi connectivity index (χ0n) is 12.2. The van der Waals surface area contributed by atoms with E-state index < -0.39 is 0 Å². The van der Waals surface area contributed by atoms with Gasteiger partial charge in [0.15, 0.2) is 0 Å². The van der Waals surface area contributed by atoms with Crippen molar-refractivity contribution in [1.29, 1.82) is 0 Å². The standard InChI is InChI=1S/C16H20FN3O/c1-10-8-12(6-7-13(10)17)16-19-15(21-20-16)9-11-4-2-3-5-14(11)18/h6-8,11,14H,2-5,9,18H2,1H3. The van der Waals surface area contributed by atoms with Gasteiger partial charge in [0.05, 0.1) is 0 Å². The second-order valence-electron chi connectivity index (χ2n) is 5.89. The predicted octanol–water partition coefficient (Wildman–Crippen LogP) is 3.24. The molecule has 3 rings (SSSR count). The molecule has 2 aromatic rings. The van der Waals surface area contributed by atoms with Crippen LogP contribution in [0.25, 0.3) is 11.4 Å². The second kappa shape index (κ2) is 5.93. The van der Waals surface area contributed by atoms with Gasteiger partial charge in [-0.1, -0.05) is 18.0 Å². The zero-order chi connectivity index (χ0) is 14.8. The molecule has 0 amide bonds. The van der Waals surface area contributed by atoms with Crippen LogP contribution >= 0.6 is 0 Å². The van der Waals surface area contributed by atoms with Gasteiger partial charge in [0.2, 0.25) is 11.7 Å². The van der Waals surface area contributed by atoms with E-state index in [-0.39, 0.29) is 11.9 Å². The van der Waals surface area contributed by atoms with E-state index in [0.29, 0.717) is 23.2 Å². The molecule has 21 heavy (non-hydrogen) atoms. The average Bonchev–Trinajstić information content (AvgIpc) is 2.93. The molecule has 2 atom stereocenters. The number of hydrogen-bond donors (Lipinski definition) is 1. The Morgan fingerprint density at radius 2 is 2.14 bits per heavy atom. The monoisotopic (exact) mass is 289 g/mol. The molecule has 4 nitrogen and oxygen atoms in total. The Morgan fingerprint density at radius 3 is 2.90 bits per heavy atom. The van der Waals surface area contributed by atoms with Crippen LogP contribution < -0.4 is 5.73 Å². The summed E-state index contributed by atoms with van der Waals surface area (Å²) in [4.78, 5) is 4.42. The molecular formula is C16H20FN3O. The van der Waals surface area contributed by atoms with Crippen molar-refractivity contribution in [3.8, 4) is 11.4 Å². The van der Waals surface area contributed by atoms with E-state index in [1.807, 2.05) is 0 Å². The maximum absolute atomic E-state index is 13.3. The average molecular weight is 289 g/mol. The molecule has 1 fully saturated rings. The van der Waals surface area contributed by atoms with E-state index in [9.17, 15) is 4.39 Å². The van der Waals surface area contributed by atoms with Crippen LogP contribution in [-0.4, -0.2) is 16.2 Å².